The fourth-order valence-electron chi connectivity index (χ4n) is 6.05. The Kier molecular flexibility index (Phi) is 7.27. The van der Waals surface area contributed by atoms with Gasteiger partial charge in [-0.15, -0.1) is 0 Å². The summed E-state index contributed by atoms with van der Waals surface area (Å²) in [6.07, 6.45) is 18.7. The molecule has 0 aliphatic heterocycles. The maximum atomic E-state index is 13.4. The van der Waals surface area contributed by atoms with Crippen LogP contribution in [0.2, 0.25) is 0 Å². The standard InChI is InChI=1S/C28H39F/c1-2-3-4-21-5-7-22(8-6-21)9-10-23-11-13-24(14-12-23)25-15-16-27-20-28(29)18-17-26(27)19-25/h15-24H,2-14H2,1H3/t21-,22-,23?,24?. The molecule has 0 atom stereocenters. The van der Waals surface area contributed by atoms with Crippen LogP contribution in [0.3, 0.4) is 0 Å². The van der Waals surface area contributed by atoms with Gasteiger partial charge in [-0.3, -0.25) is 0 Å². The average molecular weight is 395 g/mol. The SMILES string of the molecule is CCCC[C@H]1CC[C@H](CCC2CCC(c3ccc4cc(F)ccc4c3)CC2)CC1. The Bertz CT molecular complexity index is 763. The quantitative estimate of drug-likeness (QED) is 0.439. The monoisotopic (exact) mass is 394 g/mol. The van der Waals surface area contributed by atoms with Crippen LogP contribution >= 0.6 is 0 Å². The highest BCUT2D eigenvalue weighted by Gasteiger charge is 2.25. The predicted octanol–water partition coefficient (Wildman–Crippen LogP) is 9.03. The van der Waals surface area contributed by atoms with E-state index in [1.54, 1.807) is 12.1 Å². The van der Waals surface area contributed by atoms with Gasteiger partial charge < -0.3 is 0 Å². The predicted molar refractivity (Wildman–Crippen MR) is 123 cm³/mol. The molecule has 0 bridgehead atoms. The summed E-state index contributed by atoms with van der Waals surface area (Å²) in [5, 5.41) is 2.20. The maximum absolute atomic E-state index is 13.4. The van der Waals surface area contributed by atoms with Crippen molar-refractivity contribution in [2.75, 3.05) is 0 Å². The first kappa shape index (κ1) is 20.9. The van der Waals surface area contributed by atoms with Gasteiger partial charge in [0.2, 0.25) is 0 Å². The molecule has 158 valence electrons. The third-order valence-electron chi connectivity index (χ3n) is 8.06. The fourth-order valence-corrected chi connectivity index (χ4v) is 6.05. The molecule has 0 radical (unpaired) electrons. The van der Waals surface area contributed by atoms with Crippen LogP contribution in [-0.4, -0.2) is 0 Å². The minimum absolute atomic E-state index is 0.139. The Balaban J connectivity index is 1.20. The van der Waals surface area contributed by atoms with Crippen LogP contribution in [-0.2, 0) is 0 Å². The van der Waals surface area contributed by atoms with Crippen LogP contribution in [0.4, 0.5) is 4.39 Å². The van der Waals surface area contributed by atoms with Gasteiger partial charge in [0.05, 0.1) is 0 Å². The third kappa shape index (κ3) is 5.62. The van der Waals surface area contributed by atoms with Crippen LogP contribution in [0.1, 0.15) is 102 Å². The van der Waals surface area contributed by atoms with E-state index in [0.717, 1.165) is 23.1 Å². The molecule has 0 aromatic heterocycles. The number of fused-ring (bicyclic) bond motifs is 1. The van der Waals surface area contributed by atoms with Crippen molar-refractivity contribution >= 4 is 10.8 Å². The van der Waals surface area contributed by atoms with Gasteiger partial charge in [-0.25, -0.2) is 4.39 Å². The van der Waals surface area contributed by atoms with E-state index in [4.69, 9.17) is 0 Å². The van der Waals surface area contributed by atoms with Crippen molar-refractivity contribution in [3.8, 4) is 0 Å². The smallest absolute Gasteiger partial charge is 0.123 e. The molecule has 0 unspecified atom stereocenters. The summed E-state index contributed by atoms with van der Waals surface area (Å²) < 4.78 is 13.4. The zero-order valence-corrected chi connectivity index (χ0v) is 18.3. The van der Waals surface area contributed by atoms with Crippen molar-refractivity contribution in [2.24, 2.45) is 17.8 Å². The number of hydrogen-bond acceptors (Lipinski definition) is 0. The van der Waals surface area contributed by atoms with Crippen molar-refractivity contribution in [2.45, 2.75) is 96.3 Å². The van der Waals surface area contributed by atoms with Gasteiger partial charge in [-0.1, -0.05) is 89.0 Å². The first-order valence-corrected chi connectivity index (χ1v) is 12.4. The Morgan fingerprint density at radius 2 is 1.24 bits per heavy atom. The lowest BCUT2D eigenvalue weighted by Gasteiger charge is -2.32. The third-order valence-corrected chi connectivity index (χ3v) is 8.06. The van der Waals surface area contributed by atoms with Crippen LogP contribution in [0, 0.1) is 23.6 Å². The lowest BCUT2D eigenvalue weighted by molar-refractivity contribution is 0.223. The van der Waals surface area contributed by atoms with E-state index in [0.29, 0.717) is 5.92 Å². The topological polar surface area (TPSA) is 0 Å². The van der Waals surface area contributed by atoms with Crippen molar-refractivity contribution in [1.29, 1.82) is 0 Å². The molecule has 2 aromatic carbocycles. The van der Waals surface area contributed by atoms with E-state index in [2.05, 4.69) is 25.1 Å². The van der Waals surface area contributed by atoms with E-state index in [1.807, 2.05) is 6.07 Å². The molecular weight excluding hydrogens is 355 g/mol. The molecule has 29 heavy (non-hydrogen) atoms. The highest BCUT2D eigenvalue weighted by molar-refractivity contribution is 5.83. The van der Waals surface area contributed by atoms with Crippen molar-refractivity contribution in [3.63, 3.8) is 0 Å². The molecule has 2 aliphatic rings. The van der Waals surface area contributed by atoms with Crippen LogP contribution in [0.5, 0.6) is 0 Å². The zero-order chi connectivity index (χ0) is 20.1. The van der Waals surface area contributed by atoms with E-state index in [1.165, 1.54) is 94.4 Å². The molecule has 2 aromatic rings. The van der Waals surface area contributed by atoms with E-state index >= 15 is 0 Å². The second kappa shape index (κ2) is 10.1. The van der Waals surface area contributed by atoms with Crippen molar-refractivity contribution < 1.29 is 4.39 Å². The summed E-state index contributed by atoms with van der Waals surface area (Å²) in [5.74, 6) is 3.58. The molecule has 2 aliphatic carbocycles. The van der Waals surface area contributed by atoms with E-state index in [9.17, 15) is 4.39 Å². The maximum Gasteiger partial charge on any atom is 0.123 e. The van der Waals surface area contributed by atoms with Gasteiger partial charge in [0.15, 0.2) is 0 Å². The average Bonchev–Trinajstić information content (AvgIpc) is 2.77. The Hall–Kier alpha value is -1.37. The van der Waals surface area contributed by atoms with Crippen molar-refractivity contribution in [3.05, 3.63) is 47.8 Å². The number of hydrogen-bond donors (Lipinski definition) is 0. The summed E-state index contributed by atoms with van der Waals surface area (Å²) in [6, 6.07) is 11.8. The number of unbranched alkanes of at least 4 members (excludes halogenated alkanes) is 1. The molecule has 2 saturated carbocycles. The summed E-state index contributed by atoms with van der Waals surface area (Å²) >= 11 is 0. The largest absolute Gasteiger partial charge is 0.207 e. The number of benzene rings is 2. The summed E-state index contributed by atoms with van der Waals surface area (Å²) in [4.78, 5) is 0. The zero-order valence-electron chi connectivity index (χ0n) is 18.3. The first-order chi connectivity index (χ1) is 14.2. The molecule has 0 nitrogen and oxygen atoms in total. The van der Waals surface area contributed by atoms with Gasteiger partial charge >= 0.3 is 0 Å². The molecular formula is C28H39F. The lowest BCUT2D eigenvalue weighted by Crippen LogP contribution is -2.17. The molecule has 0 N–H and O–H groups in total. The van der Waals surface area contributed by atoms with Gasteiger partial charge in [-0.05, 0) is 77.8 Å². The molecule has 1 heteroatoms. The first-order valence-electron chi connectivity index (χ1n) is 12.4. The minimum Gasteiger partial charge on any atom is -0.207 e. The highest BCUT2D eigenvalue weighted by Crippen LogP contribution is 2.40. The van der Waals surface area contributed by atoms with Gasteiger partial charge in [-0.2, -0.15) is 0 Å². The van der Waals surface area contributed by atoms with Crippen LogP contribution in [0.25, 0.3) is 10.8 Å². The molecule has 0 spiro atoms. The van der Waals surface area contributed by atoms with Crippen LogP contribution in [0.15, 0.2) is 36.4 Å². The molecule has 0 heterocycles. The Morgan fingerprint density at radius 1 is 0.690 bits per heavy atom. The second-order valence-electron chi connectivity index (χ2n) is 10.1. The Labute approximate surface area is 177 Å². The highest BCUT2D eigenvalue weighted by atomic mass is 19.1. The summed E-state index contributed by atoms with van der Waals surface area (Å²) in [6.45, 7) is 2.32. The summed E-state index contributed by atoms with van der Waals surface area (Å²) in [7, 11) is 0. The van der Waals surface area contributed by atoms with Gasteiger partial charge in [0.25, 0.3) is 0 Å². The van der Waals surface area contributed by atoms with E-state index < -0.39 is 0 Å². The van der Waals surface area contributed by atoms with Gasteiger partial charge in [0.1, 0.15) is 5.82 Å². The minimum atomic E-state index is -0.139. The van der Waals surface area contributed by atoms with Gasteiger partial charge in [0, 0.05) is 0 Å². The van der Waals surface area contributed by atoms with Crippen molar-refractivity contribution in [1.82, 2.24) is 0 Å². The molecule has 0 saturated heterocycles. The molecule has 4 rings (SSSR count). The fraction of sp³-hybridized carbons (Fsp3) is 0.643. The normalized spacial score (nSPS) is 27.9. The number of halogens is 1. The lowest BCUT2D eigenvalue weighted by atomic mass is 9.74. The van der Waals surface area contributed by atoms with Crippen LogP contribution < -0.4 is 0 Å². The summed E-state index contributed by atoms with van der Waals surface area (Å²) in [5.41, 5.74) is 1.47. The second-order valence-corrected chi connectivity index (χ2v) is 10.1. The Morgan fingerprint density at radius 3 is 1.90 bits per heavy atom. The van der Waals surface area contributed by atoms with E-state index in [-0.39, 0.29) is 5.82 Å². The molecule has 0 amide bonds. The number of rotatable bonds is 7. The molecule has 2 fully saturated rings.